The number of hydrogen-bond donors (Lipinski definition) is 1. The number of hydrazine groups is 1. The maximum atomic E-state index is 11.0. The molecule has 7 nitrogen and oxygen atoms in total. The van der Waals surface area contributed by atoms with E-state index in [4.69, 9.17) is 5.26 Å². The van der Waals surface area contributed by atoms with Gasteiger partial charge in [0.15, 0.2) is 0 Å². The van der Waals surface area contributed by atoms with Gasteiger partial charge in [0, 0.05) is 32.2 Å². The van der Waals surface area contributed by atoms with E-state index in [0.717, 1.165) is 26.2 Å². The van der Waals surface area contributed by atoms with Gasteiger partial charge in [0.25, 0.3) is 5.69 Å². The van der Waals surface area contributed by atoms with Gasteiger partial charge < -0.3 is 10.3 Å². The van der Waals surface area contributed by atoms with Gasteiger partial charge in [-0.25, -0.2) is 5.01 Å². The van der Waals surface area contributed by atoms with Crippen LogP contribution in [0.4, 0.5) is 11.4 Å². The van der Waals surface area contributed by atoms with E-state index in [1.165, 1.54) is 18.2 Å². The van der Waals surface area contributed by atoms with E-state index in [2.05, 4.69) is 10.3 Å². The van der Waals surface area contributed by atoms with E-state index in [-0.39, 0.29) is 5.69 Å². The second kappa shape index (κ2) is 5.65. The van der Waals surface area contributed by atoms with E-state index in [9.17, 15) is 10.1 Å². The quantitative estimate of drug-likeness (QED) is 0.646. The molecule has 1 aromatic carbocycles. The van der Waals surface area contributed by atoms with Crippen molar-refractivity contribution >= 4 is 11.4 Å². The van der Waals surface area contributed by atoms with Crippen molar-refractivity contribution in [3.63, 3.8) is 0 Å². The third-order valence-electron chi connectivity index (χ3n) is 3.10. The molecule has 1 saturated heterocycles. The molecule has 2 rings (SSSR count). The molecule has 7 heteroatoms. The zero-order chi connectivity index (χ0) is 13.8. The number of nitriles is 1. The molecule has 1 fully saturated rings. The number of nitrogens with zero attached hydrogens (tertiary/aromatic N) is 4. The van der Waals surface area contributed by atoms with Crippen molar-refractivity contribution in [3.05, 3.63) is 33.9 Å². The summed E-state index contributed by atoms with van der Waals surface area (Å²) in [5.74, 6) is 0. The molecule has 1 aliphatic heterocycles. The van der Waals surface area contributed by atoms with Gasteiger partial charge in [0.05, 0.1) is 16.6 Å². The number of likely N-dealkylation sites (N-methyl/N-ethyl adjacent to an activating group) is 1. The number of benzene rings is 1. The predicted octanol–water partition coefficient (Wildman–Crippen LogP) is 1.04. The fourth-order valence-electron chi connectivity index (χ4n) is 1.94. The lowest BCUT2D eigenvalue weighted by atomic mass is 10.2. The van der Waals surface area contributed by atoms with Crippen LogP contribution < -0.4 is 5.43 Å². The first-order chi connectivity index (χ1) is 9.10. The topological polar surface area (TPSA) is 85.4 Å². The summed E-state index contributed by atoms with van der Waals surface area (Å²) in [6.07, 6.45) is 0. The van der Waals surface area contributed by atoms with Crippen molar-refractivity contribution < 1.29 is 4.92 Å². The highest BCUT2D eigenvalue weighted by molar-refractivity contribution is 5.63. The van der Waals surface area contributed by atoms with Crippen molar-refractivity contribution in [3.8, 4) is 6.07 Å². The SMILES string of the molecule is CN1CCN(Nc2cc(C#N)ccc2[N+](=O)[O-])CC1. The molecule has 0 saturated carbocycles. The standard InChI is InChI=1S/C12H15N5O2/c1-15-4-6-16(7-5-15)14-11-8-10(9-13)2-3-12(11)17(18)19/h2-3,8,14H,4-7H2,1H3. The van der Waals surface area contributed by atoms with Gasteiger partial charge in [-0.05, 0) is 19.2 Å². The monoisotopic (exact) mass is 261 g/mol. The zero-order valence-corrected chi connectivity index (χ0v) is 10.7. The van der Waals surface area contributed by atoms with E-state index in [1.807, 2.05) is 18.1 Å². The van der Waals surface area contributed by atoms with Crippen molar-refractivity contribution in [2.45, 2.75) is 0 Å². The minimum absolute atomic E-state index is 0.0158. The molecule has 0 bridgehead atoms. The first-order valence-corrected chi connectivity index (χ1v) is 5.99. The smallest absolute Gasteiger partial charge is 0.293 e. The Labute approximate surface area is 111 Å². The molecule has 1 N–H and O–H groups in total. The third kappa shape index (κ3) is 3.19. The first kappa shape index (κ1) is 13.3. The van der Waals surface area contributed by atoms with Crippen LogP contribution in [0.5, 0.6) is 0 Å². The van der Waals surface area contributed by atoms with Gasteiger partial charge in [-0.2, -0.15) is 5.26 Å². The summed E-state index contributed by atoms with van der Waals surface area (Å²) in [5.41, 5.74) is 3.80. The van der Waals surface area contributed by atoms with Crippen molar-refractivity contribution in [2.24, 2.45) is 0 Å². The van der Waals surface area contributed by atoms with Crippen LogP contribution in [0, 0.1) is 21.4 Å². The molecule has 0 atom stereocenters. The Hall–Kier alpha value is -2.17. The number of rotatable bonds is 3. The highest BCUT2D eigenvalue weighted by Crippen LogP contribution is 2.25. The Bertz CT molecular complexity index is 517. The molecule has 0 amide bonds. The largest absolute Gasteiger partial charge is 0.313 e. The molecule has 19 heavy (non-hydrogen) atoms. The van der Waals surface area contributed by atoms with Crippen LogP contribution in [-0.2, 0) is 0 Å². The molecule has 0 unspecified atom stereocenters. The summed E-state index contributed by atoms with van der Waals surface area (Å²) in [6, 6.07) is 6.31. The first-order valence-electron chi connectivity index (χ1n) is 5.99. The molecular formula is C12H15N5O2. The molecule has 0 aromatic heterocycles. The van der Waals surface area contributed by atoms with Gasteiger partial charge in [-0.3, -0.25) is 10.1 Å². The van der Waals surface area contributed by atoms with Crippen LogP contribution >= 0.6 is 0 Å². The number of hydrogen-bond acceptors (Lipinski definition) is 6. The lowest BCUT2D eigenvalue weighted by molar-refractivity contribution is -0.384. The molecule has 1 aliphatic rings. The van der Waals surface area contributed by atoms with Gasteiger partial charge >= 0.3 is 0 Å². The van der Waals surface area contributed by atoms with Crippen LogP contribution in [0.3, 0.4) is 0 Å². The Morgan fingerprint density at radius 2 is 2.05 bits per heavy atom. The molecule has 0 aliphatic carbocycles. The second-order valence-electron chi connectivity index (χ2n) is 4.50. The van der Waals surface area contributed by atoms with Crippen molar-refractivity contribution in [1.82, 2.24) is 9.91 Å². The lowest BCUT2D eigenvalue weighted by Gasteiger charge is -2.32. The highest BCUT2D eigenvalue weighted by Gasteiger charge is 2.19. The Morgan fingerprint density at radius 1 is 1.37 bits per heavy atom. The van der Waals surface area contributed by atoms with Crippen LogP contribution in [-0.4, -0.2) is 48.1 Å². The summed E-state index contributed by atoms with van der Waals surface area (Å²) >= 11 is 0. The summed E-state index contributed by atoms with van der Waals surface area (Å²) < 4.78 is 0. The number of nitro groups is 1. The van der Waals surface area contributed by atoms with E-state index >= 15 is 0 Å². The summed E-state index contributed by atoms with van der Waals surface area (Å²) in [4.78, 5) is 12.7. The van der Waals surface area contributed by atoms with E-state index < -0.39 is 4.92 Å². The minimum Gasteiger partial charge on any atom is -0.313 e. The minimum atomic E-state index is -0.445. The van der Waals surface area contributed by atoms with E-state index in [1.54, 1.807) is 0 Å². The molecule has 1 heterocycles. The molecule has 1 aromatic rings. The van der Waals surface area contributed by atoms with Gasteiger partial charge in [-0.15, -0.1) is 0 Å². The molecule has 100 valence electrons. The Morgan fingerprint density at radius 3 is 2.63 bits per heavy atom. The highest BCUT2D eigenvalue weighted by atomic mass is 16.6. The summed E-state index contributed by atoms with van der Waals surface area (Å²) in [5, 5.41) is 21.8. The molecular weight excluding hydrogens is 246 g/mol. The third-order valence-corrected chi connectivity index (χ3v) is 3.10. The maximum absolute atomic E-state index is 11.0. The summed E-state index contributed by atoms with van der Waals surface area (Å²) in [6.45, 7) is 3.37. The Balaban J connectivity index is 2.18. The number of nitrogens with one attached hydrogen (secondary N) is 1. The number of piperazine rings is 1. The number of nitro benzene ring substituents is 1. The maximum Gasteiger partial charge on any atom is 0.293 e. The van der Waals surface area contributed by atoms with Gasteiger partial charge in [-0.1, -0.05) is 0 Å². The normalized spacial score (nSPS) is 16.8. The average molecular weight is 261 g/mol. The van der Waals surface area contributed by atoms with E-state index in [0.29, 0.717) is 11.3 Å². The molecule has 0 spiro atoms. The fourth-order valence-corrected chi connectivity index (χ4v) is 1.94. The lowest BCUT2D eigenvalue weighted by Crippen LogP contribution is -2.47. The predicted molar refractivity (Wildman–Crippen MR) is 70.5 cm³/mol. The van der Waals surface area contributed by atoms with Crippen LogP contribution in [0.15, 0.2) is 18.2 Å². The fraction of sp³-hybridized carbons (Fsp3) is 0.417. The van der Waals surface area contributed by atoms with Gasteiger partial charge in [0.2, 0.25) is 0 Å². The van der Waals surface area contributed by atoms with Crippen LogP contribution in [0.25, 0.3) is 0 Å². The Kier molecular flexibility index (Phi) is 3.94. The summed E-state index contributed by atoms with van der Waals surface area (Å²) in [7, 11) is 2.04. The van der Waals surface area contributed by atoms with Crippen LogP contribution in [0.2, 0.25) is 0 Å². The van der Waals surface area contributed by atoms with Crippen LogP contribution in [0.1, 0.15) is 5.56 Å². The zero-order valence-electron chi connectivity index (χ0n) is 10.7. The van der Waals surface area contributed by atoms with Crippen molar-refractivity contribution in [1.29, 1.82) is 5.26 Å². The average Bonchev–Trinajstić information content (AvgIpc) is 2.41. The molecule has 0 radical (unpaired) electrons. The number of anilines is 1. The van der Waals surface area contributed by atoms with Gasteiger partial charge in [0.1, 0.15) is 5.69 Å². The van der Waals surface area contributed by atoms with Crippen molar-refractivity contribution in [2.75, 3.05) is 38.7 Å². The second-order valence-corrected chi connectivity index (χ2v) is 4.50.